The number of piperidine rings is 1. The van der Waals surface area contributed by atoms with E-state index >= 15 is 0 Å². The van der Waals surface area contributed by atoms with Crippen LogP contribution in [0.4, 0.5) is 4.39 Å². The van der Waals surface area contributed by atoms with Gasteiger partial charge in [0.25, 0.3) is 5.56 Å². The summed E-state index contributed by atoms with van der Waals surface area (Å²) in [6.45, 7) is 5.47. The zero-order valence-corrected chi connectivity index (χ0v) is 25.0. The Morgan fingerprint density at radius 2 is 1.79 bits per heavy atom. The highest BCUT2D eigenvalue weighted by Gasteiger charge is 2.27. The number of carboxylic acid groups (broad SMARTS) is 1. The molecule has 3 aromatic rings. The Morgan fingerprint density at radius 3 is 2.55 bits per heavy atom. The molecule has 1 saturated heterocycles. The molecule has 1 aromatic carbocycles. The predicted molar refractivity (Wildman–Crippen MR) is 160 cm³/mol. The van der Waals surface area contributed by atoms with Gasteiger partial charge >= 0.3 is 5.97 Å². The van der Waals surface area contributed by atoms with Crippen LogP contribution in [-0.2, 0) is 17.8 Å². The van der Waals surface area contributed by atoms with Crippen LogP contribution < -0.4 is 5.56 Å². The minimum absolute atomic E-state index is 0.153. The molecule has 0 spiro atoms. The first-order chi connectivity index (χ1) is 20.4. The van der Waals surface area contributed by atoms with Crippen LogP contribution in [0.5, 0.6) is 0 Å². The van der Waals surface area contributed by atoms with E-state index in [0.29, 0.717) is 23.8 Å². The molecule has 0 amide bonds. The topological polar surface area (TPSA) is 101 Å². The maximum Gasteiger partial charge on any atom is 0.303 e. The average molecular weight is 581 g/mol. The lowest BCUT2D eigenvalue weighted by Crippen LogP contribution is -2.37. The Kier molecular flexibility index (Phi) is 10.4. The number of halogens is 1. The third-order valence-electron chi connectivity index (χ3n) is 9.36. The van der Waals surface area contributed by atoms with E-state index in [1.165, 1.54) is 25.0 Å². The second-order valence-electron chi connectivity index (χ2n) is 12.3. The van der Waals surface area contributed by atoms with Crippen molar-refractivity contribution in [3.63, 3.8) is 0 Å². The molecule has 228 valence electrons. The van der Waals surface area contributed by atoms with E-state index in [9.17, 15) is 14.0 Å². The number of likely N-dealkylation sites (tertiary alicyclic amines) is 1. The molecule has 1 atom stereocenters. The summed E-state index contributed by atoms with van der Waals surface area (Å²) in [4.78, 5) is 31.6. The van der Waals surface area contributed by atoms with Gasteiger partial charge in [-0.2, -0.15) is 0 Å². The minimum atomic E-state index is -0.701. The molecular weight excluding hydrogens is 535 g/mol. The number of hydrogen-bond acceptors (Lipinski definition) is 6. The van der Waals surface area contributed by atoms with E-state index in [1.807, 2.05) is 11.5 Å². The van der Waals surface area contributed by atoms with E-state index < -0.39 is 5.97 Å². The fourth-order valence-electron chi connectivity index (χ4n) is 6.91. The highest BCUT2D eigenvalue weighted by molar-refractivity contribution is 5.79. The summed E-state index contributed by atoms with van der Waals surface area (Å²) < 4.78 is 20.9. The lowest BCUT2D eigenvalue weighted by molar-refractivity contribution is -0.137. The second-order valence-corrected chi connectivity index (χ2v) is 12.3. The standard InChI is InChI=1S/C33H45FN4O4/c1-23-27(17-21-37-19-15-24(16-20-37)31-28-14-13-26(34)22-29(28)42-36-31)33(41)38-18-9-11-25(32(38)35-23)10-7-5-3-2-4-6-8-12-30(39)40/h13-14,22,24-25H,2-12,15-21H2,1H3,(H,39,40). The second kappa shape index (κ2) is 14.4. The third kappa shape index (κ3) is 7.46. The van der Waals surface area contributed by atoms with Gasteiger partial charge in [-0.25, -0.2) is 9.37 Å². The fraction of sp³-hybridized carbons (Fsp3) is 0.636. The van der Waals surface area contributed by atoms with Crippen LogP contribution in [0.15, 0.2) is 27.5 Å². The summed E-state index contributed by atoms with van der Waals surface area (Å²) in [5.41, 5.74) is 3.33. The van der Waals surface area contributed by atoms with Crippen molar-refractivity contribution in [1.82, 2.24) is 19.6 Å². The molecule has 4 heterocycles. The summed E-state index contributed by atoms with van der Waals surface area (Å²) in [6, 6.07) is 4.63. The van der Waals surface area contributed by atoms with E-state index in [1.54, 1.807) is 6.07 Å². The van der Waals surface area contributed by atoms with Crippen molar-refractivity contribution in [1.29, 1.82) is 0 Å². The van der Waals surface area contributed by atoms with Crippen molar-refractivity contribution < 1.29 is 18.8 Å². The molecule has 2 aliphatic heterocycles. The average Bonchev–Trinajstić information content (AvgIpc) is 3.39. The van der Waals surface area contributed by atoms with Crippen molar-refractivity contribution in [2.75, 3.05) is 19.6 Å². The minimum Gasteiger partial charge on any atom is -0.481 e. The number of fused-ring (bicyclic) bond motifs is 2. The van der Waals surface area contributed by atoms with E-state index in [2.05, 4.69) is 10.1 Å². The number of carbonyl (C=O) groups is 1. The van der Waals surface area contributed by atoms with E-state index in [4.69, 9.17) is 14.6 Å². The fourth-order valence-corrected chi connectivity index (χ4v) is 6.91. The molecule has 1 unspecified atom stereocenters. The number of hydrogen-bond donors (Lipinski definition) is 1. The van der Waals surface area contributed by atoms with Crippen LogP contribution in [0.3, 0.4) is 0 Å². The van der Waals surface area contributed by atoms with Crippen LogP contribution in [0.2, 0.25) is 0 Å². The van der Waals surface area contributed by atoms with Gasteiger partial charge in [0.2, 0.25) is 0 Å². The molecule has 0 aliphatic carbocycles. The molecule has 8 nitrogen and oxygen atoms in total. The first-order valence-corrected chi connectivity index (χ1v) is 16.0. The molecule has 1 fully saturated rings. The summed E-state index contributed by atoms with van der Waals surface area (Å²) in [5, 5.41) is 13.9. The number of nitrogens with zero attached hydrogens (tertiary/aromatic N) is 4. The summed E-state index contributed by atoms with van der Waals surface area (Å²) in [5.74, 6) is 0.632. The molecule has 2 aliphatic rings. The van der Waals surface area contributed by atoms with Crippen LogP contribution >= 0.6 is 0 Å². The maximum absolute atomic E-state index is 13.6. The van der Waals surface area contributed by atoms with Gasteiger partial charge in [-0.05, 0) is 77.1 Å². The molecular formula is C33H45FN4O4. The van der Waals surface area contributed by atoms with Crippen molar-refractivity contribution >= 4 is 16.9 Å². The van der Waals surface area contributed by atoms with Crippen molar-refractivity contribution in [3.05, 3.63) is 57.1 Å². The Morgan fingerprint density at radius 1 is 1.05 bits per heavy atom. The van der Waals surface area contributed by atoms with Gasteiger partial charge in [0.05, 0.1) is 5.69 Å². The highest BCUT2D eigenvalue weighted by atomic mass is 19.1. The van der Waals surface area contributed by atoms with Crippen molar-refractivity contribution in [2.45, 2.75) is 115 Å². The number of benzene rings is 1. The number of unbranched alkanes of at least 4 members (excludes halogenated alkanes) is 6. The molecule has 42 heavy (non-hydrogen) atoms. The van der Waals surface area contributed by atoms with Crippen LogP contribution in [0, 0.1) is 12.7 Å². The summed E-state index contributed by atoms with van der Waals surface area (Å²) in [6.07, 6.45) is 13.7. The molecule has 0 radical (unpaired) electrons. The SMILES string of the molecule is Cc1nc2n(c(=O)c1CCN1CCC(c3noc4cc(F)ccc34)CC1)CCCC2CCCCCCCCCC(=O)O. The Bertz CT molecular complexity index is 1410. The Balaban J connectivity index is 1.09. The van der Waals surface area contributed by atoms with Gasteiger partial charge in [0.1, 0.15) is 11.6 Å². The monoisotopic (exact) mass is 580 g/mol. The van der Waals surface area contributed by atoms with Gasteiger partial charge in [0.15, 0.2) is 5.58 Å². The number of aryl methyl sites for hydroxylation is 1. The molecule has 0 saturated carbocycles. The molecule has 9 heteroatoms. The highest BCUT2D eigenvalue weighted by Crippen LogP contribution is 2.33. The number of aromatic nitrogens is 3. The maximum atomic E-state index is 13.6. The zero-order chi connectivity index (χ0) is 29.5. The third-order valence-corrected chi connectivity index (χ3v) is 9.36. The first-order valence-electron chi connectivity index (χ1n) is 16.0. The van der Waals surface area contributed by atoms with Crippen LogP contribution in [0.25, 0.3) is 11.0 Å². The molecule has 0 bridgehead atoms. The molecule has 1 N–H and O–H groups in total. The number of rotatable bonds is 14. The van der Waals surface area contributed by atoms with Gasteiger partial charge in [0, 0.05) is 54.1 Å². The molecule has 5 rings (SSSR count). The lowest BCUT2D eigenvalue weighted by atomic mass is 9.91. The van der Waals surface area contributed by atoms with E-state index in [-0.39, 0.29) is 17.8 Å². The Labute approximate surface area is 247 Å². The zero-order valence-electron chi connectivity index (χ0n) is 25.0. The van der Waals surface area contributed by atoms with Gasteiger partial charge in [-0.1, -0.05) is 43.7 Å². The first kappa shape index (κ1) is 30.4. The van der Waals surface area contributed by atoms with Gasteiger partial charge < -0.3 is 14.5 Å². The van der Waals surface area contributed by atoms with E-state index in [0.717, 1.165) is 119 Å². The van der Waals surface area contributed by atoms with Gasteiger partial charge in [-0.3, -0.25) is 14.2 Å². The largest absolute Gasteiger partial charge is 0.481 e. The Hall–Kier alpha value is -3.07. The normalized spacial score (nSPS) is 18.0. The quantitative estimate of drug-likeness (QED) is 0.211. The number of aliphatic carboxylic acids is 1. The number of carboxylic acids is 1. The molecule has 2 aromatic heterocycles. The summed E-state index contributed by atoms with van der Waals surface area (Å²) in [7, 11) is 0. The van der Waals surface area contributed by atoms with Crippen molar-refractivity contribution in [2.24, 2.45) is 0 Å². The van der Waals surface area contributed by atoms with Gasteiger partial charge in [-0.15, -0.1) is 0 Å². The summed E-state index contributed by atoms with van der Waals surface area (Å²) >= 11 is 0. The smallest absolute Gasteiger partial charge is 0.303 e. The van der Waals surface area contributed by atoms with Crippen molar-refractivity contribution in [3.8, 4) is 0 Å². The van der Waals surface area contributed by atoms with Crippen LogP contribution in [-0.4, -0.2) is 50.3 Å². The lowest BCUT2D eigenvalue weighted by Gasteiger charge is -2.31. The predicted octanol–water partition coefficient (Wildman–Crippen LogP) is 6.73. The van der Waals surface area contributed by atoms with Crippen LogP contribution in [0.1, 0.15) is 118 Å².